The van der Waals surface area contributed by atoms with Crippen molar-refractivity contribution in [2.24, 2.45) is 0 Å². The average molecular weight is 182 g/mol. The minimum absolute atomic E-state index is 0.369. The standard InChI is InChI=1S/C9H14N2O2/c1-2-11-5-8(10-7-11)9(12)3-4-13-6-9/h5,7,12H,2-4,6H2,1H3. The lowest BCUT2D eigenvalue weighted by atomic mass is 10.0. The lowest BCUT2D eigenvalue weighted by molar-refractivity contribution is 0.0197. The van der Waals surface area contributed by atoms with Gasteiger partial charge in [-0.1, -0.05) is 0 Å². The smallest absolute Gasteiger partial charge is 0.133 e. The third kappa shape index (κ3) is 1.47. The first kappa shape index (κ1) is 8.72. The summed E-state index contributed by atoms with van der Waals surface area (Å²) in [5.41, 5.74) is -0.118. The predicted octanol–water partition coefficient (Wildman–Crippen LogP) is 0.511. The summed E-state index contributed by atoms with van der Waals surface area (Å²) < 4.78 is 7.11. The van der Waals surface area contributed by atoms with Crippen molar-refractivity contribution in [3.05, 3.63) is 18.2 Å². The first-order valence-electron chi connectivity index (χ1n) is 4.57. The van der Waals surface area contributed by atoms with Gasteiger partial charge < -0.3 is 14.4 Å². The maximum absolute atomic E-state index is 10.1. The summed E-state index contributed by atoms with van der Waals surface area (Å²) >= 11 is 0. The molecule has 4 nitrogen and oxygen atoms in total. The van der Waals surface area contributed by atoms with Gasteiger partial charge in [0.2, 0.25) is 0 Å². The lowest BCUT2D eigenvalue weighted by Gasteiger charge is -2.16. The van der Waals surface area contributed by atoms with E-state index in [1.54, 1.807) is 6.33 Å². The van der Waals surface area contributed by atoms with Crippen LogP contribution in [0.5, 0.6) is 0 Å². The molecule has 13 heavy (non-hydrogen) atoms. The van der Waals surface area contributed by atoms with Crippen molar-refractivity contribution in [2.45, 2.75) is 25.5 Å². The predicted molar refractivity (Wildman–Crippen MR) is 47.2 cm³/mol. The van der Waals surface area contributed by atoms with E-state index in [4.69, 9.17) is 4.74 Å². The normalized spacial score (nSPS) is 28.2. The van der Waals surface area contributed by atoms with Crippen LogP contribution in [-0.4, -0.2) is 27.9 Å². The third-order valence-corrected chi connectivity index (χ3v) is 2.48. The molecule has 1 unspecified atom stereocenters. The van der Waals surface area contributed by atoms with Gasteiger partial charge in [-0.25, -0.2) is 4.98 Å². The van der Waals surface area contributed by atoms with E-state index in [9.17, 15) is 5.11 Å². The zero-order chi connectivity index (χ0) is 9.31. The van der Waals surface area contributed by atoms with Gasteiger partial charge in [0, 0.05) is 25.8 Å². The highest BCUT2D eigenvalue weighted by molar-refractivity contribution is 5.10. The molecule has 0 bridgehead atoms. The lowest BCUT2D eigenvalue weighted by Crippen LogP contribution is -2.26. The van der Waals surface area contributed by atoms with E-state index in [-0.39, 0.29) is 0 Å². The summed E-state index contributed by atoms with van der Waals surface area (Å²) in [5, 5.41) is 10.1. The van der Waals surface area contributed by atoms with Crippen LogP contribution in [0, 0.1) is 0 Å². The molecule has 0 radical (unpaired) electrons. The Morgan fingerprint density at radius 3 is 3.15 bits per heavy atom. The van der Waals surface area contributed by atoms with Gasteiger partial charge in [0.15, 0.2) is 0 Å². The Labute approximate surface area is 77.2 Å². The van der Waals surface area contributed by atoms with E-state index in [1.165, 1.54) is 0 Å². The minimum atomic E-state index is -0.847. The van der Waals surface area contributed by atoms with Crippen molar-refractivity contribution in [1.82, 2.24) is 9.55 Å². The van der Waals surface area contributed by atoms with E-state index in [0.29, 0.717) is 19.6 Å². The molecule has 1 N–H and O–H groups in total. The van der Waals surface area contributed by atoms with Crippen LogP contribution in [0.2, 0.25) is 0 Å². The monoisotopic (exact) mass is 182 g/mol. The van der Waals surface area contributed by atoms with E-state index in [0.717, 1.165) is 12.2 Å². The third-order valence-electron chi connectivity index (χ3n) is 2.48. The van der Waals surface area contributed by atoms with Crippen molar-refractivity contribution < 1.29 is 9.84 Å². The van der Waals surface area contributed by atoms with Crippen LogP contribution in [-0.2, 0) is 16.9 Å². The number of imidazole rings is 1. The molecular formula is C9H14N2O2. The molecule has 1 atom stereocenters. The molecule has 0 spiro atoms. The Balaban J connectivity index is 2.23. The number of aryl methyl sites for hydroxylation is 1. The fraction of sp³-hybridized carbons (Fsp3) is 0.667. The highest BCUT2D eigenvalue weighted by atomic mass is 16.5. The quantitative estimate of drug-likeness (QED) is 0.725. The molecule has 0 aliphatic carbocycles. The van der Waals surface area contributed by atoms with E-state index < -0.39 is 5.60 Å². The van der Waals surface area contributed by atoms with Crippen LogP contribution >= 0.6 is 0 Å². The van der Waals surface area contributed by atoms with Gasteiger partial charge >= 0.3 is 0 Å². The van der Waals surface area contributed by atoms with Gasteiger partial charge in [-0.05, 0) is 6.92 Å². The topological polar surface area (TPSA) is 47.3 Å². The van der Waals surface area contributed by atoms with Gasteiger partial charge in [0.05, 0.1) is 18.6 Å². The highest BCUT2D eigenvalue weighted by Crippen LogP contribution is 2.28. The van der Waals surface area contributed by atoms with Crippen LogP contribution in [0.25, 0.3) is 0 Å². The molecule has 1 aliphatic rings. The van der Waals surface area contributed by atoms with E-state index >= 15 is 0 Å². The molecule has 1 aromatic rings. The van der Waals surface area contributed by atoms with Gasteiger partial charge in [0.25, 0.3) is 0 Å². The van der Waals surface area contributed by atoms with Crippen molar-refractivity contribution in [3.8, 4) is 0 Å². The fourth-order valence-corrected chi connectivity index (χ4v) is 1.53. The Hall–Kier alpha value is -0.870. The first-order valence-corrected chi connectivity index (χ1v) is 4.57. The Bertz CT molecular complexity index is 290. The van der Waals surface area contributed by atoms with Gasteiger partial charge in [-0.2, -0.15) is 0 Å². The molecule has 1 aliphatic heterocycles. The highest BCUT2D eigenvalue weighted by Gasteiger charge is 2.36. The summed E-state index contributed by atoms with van der Waals surface area (Å²) in [6.07, 6.45) is 4.27. The molecule has 72 valence electrons. The molecule has 0 aromatic carbocycles. The average Bonchev–Trinajstić information content (AvgIpc) is 2.72. The van der Waals surface area contributed by atoms with Crippen LogP contribution in [0.3, 0.4) is 0 Å². The summed E-state index contributed by atoms with van der Waals surface area (Å²) in [4.78, 5) is 4.17. The van der Waals surface area contributed by atoms with Crippen molar-refractivity contribution in [2.75, 3.05) is 13.2 Å². The fourth-order valence-electron chi connectivity index (χ4n) is 1.53. The molecule has 1 aromatic heterocycles. The number of aromatic nitrogens is 2. The van der Waals surface area contributed by atoms with Crippen molar-refractivity contribution >= 4 is 0 Å². The minimum Gasteiger partial charge on any atom is -0.381 e. The molecule has 0 saturated carbocycles. The van der Waals surface area contributed by atoms with Crippen molar-refractivity contribution in [1.29, 1.82) is 0 Å². The molecule has 2 rings (SSSR count). The number of rotatable bonds is 2. The molecule has 1 fully saturated rings. The summed E-state index contributed by atoms with van der Waals surface area (Å²) in [5.74, 6) is 0. The maximum atomic E-state index is 10.1. The summed E-state index contributed by atoms with van der Waals surface area (Å²) in [7, 11) is 0. The number of hydrogen-bond donors (Lipinski definition) is 1. The van der Waals surface area contributed by atoms with Crippen LogP contribution in [0.1, 0.15) is 19.0 Å². The Kier molecular flexibility index (Phi) is 2.09. The Morgan fingerprint density at radius 2 is 2.62 bits per heavy atom. The SMILES string of the molecule is CCn1cnc(C2(O)CCOC2)c1. The van der Waals surface area contributed by atoms with Gasteiger partial charge in [-0.15, -0.1) is 0 Å². The summed E-state index contributed by atoms with van der Waals surface area (Å²) in [6.45, 7) is 3.91. The van der Waals surface area contributed by atoms with E-state index in [1.807, 2.05) is 17.7 Å². The van der Waals surface area contributed by atoms with E-state index in [2.05, 4.69) is 4.98 Å². The number of nitrogens with zero attached hydrogens (tertiary/aromatic N) is 2. The molecular weight excluding hydrogens is 168 g/mol. The second-order valence-corrected chi connectivity index (χ2v) is 3.42. The van der Waals surface area contributed by atoms with Crippen LogP contribution in [0.4, 0.5) is 0 Å². The molecule has 4 heteroatoms. The largest absolute Gasteiger partial charge is 0.381 e. The number of aliphatic hydroxyl groups is 1. The van der Waals surface area contributed by atoms with Crippen molar-refractivity contribution in [3.63, 3.8) is 0 Å². The van der Waals surface area contributed by atoms with Crippen LogP contribution in [0.15, 0.2) is 12.5 Å². The zero-order valence-corrected chi connectivity index (χ0v) is 7.73. The second-order valence-electron chi connectivity index (χ2n) is 3.42. The first-order chi connectivity index (χ1) is 6.24. The van der Waals surface area contributed by atoms with Gasteiger partial charge in [0.1, 0.15) is 5.60 Å². The van der Waals surface area contributed by atoms with Gasteiger partial charge in [-0.3, -0.25) is 0 Å². The molecule has 1 saturated heterocycles. The second kappa shape index (κ2) is 3.12. The Morgan fingerprint density at radius 1 is 1.77 bits per heavy atom. The summed E-state index contributed by atoms with van der Waals surface area (Å²) in [6, 6.07) is 0. The van der Waals surface area contributed by atoms with Crippen LogP contribution < -0.4 is 0 Å². The number of ether oxygens (including phenoxy) is 1. The number of hydrogen-bond acceptors (Lipinski definition) is 3. The maximum Gasteiger partial charge on any atom is 0.133 e. The molecule has 0 amide bonds. The molecule has 2 heterocycles. The zero-order valence-electron chi connectivity index (χ0n) is 7.73.